The van der Waals surface area contributed by atoms with Gasteiger partial charge in [-0.25, -0.2) is 14.6 Å². The van der Waals surface area contributed by atoms with Crippen LogP contribution in [0.1, 0.15) is 31.0 Å². The summed E-state index contributed by atoms with van der Waals surface area (Å²) in [5.41, 5.74) is 6.14. The summed E-state index contributed by atoms with van der Waals surface area (Å²) in [7, 11) is 0. The van der Waals surface area contributed by atoms with Gasteiger partial charge in [0, 0.05) is 0 Å². The first kappa shape index (κ1) is 19.2. The summed E-state index contributed by atoms with van der Waals surface area (Å²) in [6, 6.07) is 12.2. The van der Waals surface area contributed by atoms with Gasteiger partial charge in [0.25, 0.3) is 0 Å². The van der Waals surface area contributed by atoms with Crippen LogP contribution < -0.4 is 20.9 Å². The fourth-order valence-electron chi connectivity index (χ4n) is 2.31. The molecule has 0 fully saturated rings. The Kier molecular flexibility index (Phi) is 6.96. The molecule has 0 aliphatic carbocycles. The fourth-order valence-corrected chi connectivity index (χ4v) is 2.31. The number of hydrazine groups is 1. The summed E-state index contributed by atoms with van der Waals surface area (Å²) >= 11 is 0. The maximum atomic E-state index is 12.8. The minimum atomic E-state index is -0.535. The van der Waals surface area contributed by atoms with Crippen molar-refractivity contribution in [1.29, 1.82) is 0 Å². The van der Waals surface area contributed by atoms with Crippen molar-refractivity contribution in [3.8, 4) is 5.75 Å². The van der Waals surface area contributed by atoms with E-state index in [1.165, 1.54) is 24.3 Å². The van der Waals surface area contributed by atoms with Crippen LogP contribution in [0.5, 0.6) is 5.75 Å². The van der Waals surface area contributed by atoms with E-state index in [0.29, 0.717) is 12.2 Å². The highest BCUT2D eigenvalue weighted by Crippen LogP contribution is 2.18. The molecule has 0 saturated heterocycles. The van der Waals surface area contributed by atoms with E-state index in [-0.39, 0.29) is 18.3 Å². The monoisotopic (exact) mass is 359 g/mol. The van der Waals surface area contributed by atoms with Crippen LogP contribution in [0.2, 0.25) is 0 Å². The van der Waals surface area contributed by atoms with E-state index in [0.717, 1.165) is 11.3 Å². The van der Waals surface area contributed by atoms with Crippen LogP contribution >= 0.6 is 0 Å². The third-order valence-electron chi connectivity index (χ3n) is 3.61. The van der Waals surface area contributed by atoms with Crippen LogP contribution in [0.25, 0.3) is 0 Å². The standard InChI is InChI=1S/C19H22FN3O3/c1-3-26-17-6-4-5-15(12-17)13(2)21-19(25)23-22-18(24)11-14-7-9-16(20)10-8-14/h4-10,12-13H,3,11H2,1-2H3,(H,22,24)(H2,21,23,25). The molecule has 138 valence electrons. The first-order valence-electron chi connectivity index (χ1n) is 8.30. The number of amides is 3. The molecule has 0 saturated carbocycles. The number of benzene rings is 2. The molecule has 1 atom stereocenters. The first-order valence-corrected chi connectivity index (χ1v) is 8.30. The average Bonchev–Trinajstić information content (AvgIpc) is 2.62. The third-order valence-corrected chi connectivity index (χ3v) is 3.61. The molecule has 0 bridgehead atoms. The predicted octanol–water partition coefficient (Wildman–Crippen LogP) is 2.86. The van der Waals surface area contributed by atoms with Gasteiger partial charge in [0.15, 0.2) is 0 Å². The Labute approximate surface area is 151 Å². The molecule has 2 aromatic rings. The van der Waals surface area contributed by atoms with E-state index in [9.17, 15) is 14.0 Å². The van der Waals surface area contributed by atoms with Gasteiger partial charge in [-0.15, -0.1) is 0 Å². The Morgan fingerprint density at radius 2 is 1.85 bits per heavy atom. The lowest BCUT2D eigenvalue weighted by molar-refractivity contribution is -0.121. The number of rotatable bonds is 6. The molecule has 2 rings (SSSR count). The smallest absolute Gasteiger partial charge is 0.333 e. The van der Waals surface area contributed by atoms with Crippen molar-refractivity contribution in [2.45, 2.75) is 26.3 Å². The second-order valence-electron chi connectivity index (χ2n) is 5.68. The molecule has 0 spiro atoms. The van der Waals surface area contributed by atoms with E-state index in [1.54, 1.807) is 0 Å². The van der Waals surface area contributed by atoms with Crippen molar-refractivity contribution in [1.82, 2.24) is 16.2 Å². The lowest BCUT2D eigenvalue weighted by atomic mass is 10.1. The molecule has 26 heavy (non-hydrogen) atoms. The number of halogens is 1. The minimum Gasteiger partial charge on any atom is -0.494 e. The van der Waals surface area contributed by atoms with Gasteiger partial charge in [0.1, 0.15) is 11.6 Å². The normalized spacial score (nSPS) is 11.3. The fraction of sp³-hybridized carbons (Fsp3) is 0.263. The largest absolute Gasteiger partial charge is 0.494 e. The molecule has 3 N–H and O–H groups in total. The van der Waals surface area contributed by atoms with Crippen molar-refractivity contribution in [3.05, 3.63) is 65.5 Å². The molecule has 2 aromatic carbocycles. The average molecular weight is 359 g/mol. The molecule has 7 heteroatoms. The van der Waals surface area contributed by atoms with E-state index >= 15 is 0 Å². The third kappa shape index (κ3) is 6.08. The Hall–Kier alpha value is -3.09. The zero-order chi connectivity index (χ0) is 18.9. The van der Waals surface area contributed by atoms with Gasteiger partial charge in [-0.2, -0.15) is 0 Å². The van der Waals surface area contributed by atoms with Gasteiger partial charge in [0.05, 0.1) is 19.1 Å². The zero-order valence-corrected chi connectivity index (χ0v) is 14.7. The van der Waals surface area contributed by atoms with Crippen molar-refractivity contribution < 1.29 is 18.7 Å². The van der Waals surface area contributed by atoms with E-state index in [2.05, 4.69) is 16.2 Å². The second kappa shape index (κ2) is 9.41. The topological polar surface area (TPSA) is 79.5 Å². The summed E-state index contributed by atoms with van der Waals surface area (Å²) in [6.45, 7) is 4.28. The lowest BCUT2D eigenvalue weighted by Gasteiger charge is -2.16. The van der Waals surface area contributed by atoms with E-state index in [1.807, 2.05) is 38.1 Å². The van der Waals surface area contributed by atoms with Gasteiger partial charge in [-0.05, 0) is 49.2 Å². The van der Waals surface area contributed by atoms with Gasteiger partial charge < -0.3 is 10.1 Å². The van der Waals surface area contributed by atoms with Gasteiger partial charge in [-0.3, -0.25) is 10.2 Å². The van der Waals surface area contributed by atoms with Crippen molar-refractivity contribution in [2.24, 2.45) is 0 Å². The second-order valence-corrected chi connectivity index (χ2v) is 5.68. The number of ether oxygens (including phenoxy) is 1. The highest BCUT2D eigenvalue weighted by atomic mass is 19.1. The predicted molar refractivity (Wildman–Crippen MR) is 95.9 cm³/mol. The Morgan fingerprint density at radius 3 is 2.54 bits per heavy atom. The van der Waals surface area contributed by atoms with Gasteiger partial charge in [0.2, 0.25) is 5.91 Å². The molecule has 6 nitrogen and oxygen atoms in total. The minimum absolute atomic E-state index is 0.0342. The number of hydrogen-bond acceptors (Lipinski definition) is 3. The molecular formula is C19H22FN3O3. The summed E-state index contributed by atoms with van der Waals surface area (Å²) in [4.78, 5) is 23.7. The zero-order valence-electron chi connectivity index (χ0n) is 14.7. The molecule has 3 amide bonds. The number of hydrogen-bond donors (Lipinski definition) is 3. The molecular weight excluding hydrogens is 337 g/mol. The Bertz CT molecular complexity index is 750. The van der Waals surface area contributed by atoms with Crippen LogP contribution in [0, 0.1) is 5.82 Å². The van der Waals surface area contributed by atoms with Crippen LogP contribution in [-0.4, -0.2) is 18.5 Å². The summed E-state index contributed by atoms with van der Waals surface area (Å²) in [5, 5.41) is 2.72. The number of urea groups is 1. The van der Waals surface area contributed by atoms with Crippen LogP contribution in [0.15, 0.2) is 48.5 Å². The van der Waals surface area contributed by atoms with Crippen molar-refractivity contribution in [2.75, 3.05) is 6.61 Å². The number of nitrogens with one attached hydrogen (secondary N) is 3. The maximum Gasteiger partial charge on any atom is 0.333 e. The summed E-state index contributed by atoms with van der Waals surface area (Å²) in [6.07, 6.45) is 0.0342. The Balaban J connectivity index is 1.79. The quantitative estimate of drug-likeness (QED) is 0.694. The van der Waals surface area contributed by atoms with E-state index < -0.39 is 11.9 Å². The molecule has 0 aliphatic heterocycles. The van der Waals surface area contributed by atoms with Crippen molar-refractivity contribution >= 4 is 11.9 Å². The summed E-state index contributed by atoms with van der Waals surface area (Å²) < 4.78 is 18.3. The number of carbonyl (C=O) groups is 2. The summed E-state index contributed by atoms with van der Waals surface area (Å²) in [5.74, 6) is -0.0431. The first-order chi connectivity index (χ1) is 12.5. The van der Waals surface area contributed by atoms with Crippen molar-refractivity contribution in [3.63, 3.8) is 0 Å². The SMILES string of the molecule is CCOc1cccc(C(C)NC(=O)NNC(=O)Cc2ccc(F)cc2)c1. The number of carbonyl (C=O) groups excluding carboxylic acids is 2. The molecule has 0 heterocycles. The molecule has 0 aromatic heterocycles. The molecule has 0 radical (unpaired) electrons. The van der Waals surface area contributed by atoms with E-state index in [4.69, 9.17) is 4.74 Å². The molecule has 1 unspecified atom stereocenters. The Morgan fingerprint density at radius 1 is 1.12 bits per heavy atom. The van der Waals surface area contributed by atoms with Crippen LogP contribution in [-0.2, 0) is 11.2 Å². The van der Waals surface area contributed by atoms with Gasteiger partial charge >= 0.3 is 6.03 Å². The lowest BCUT2D eigenvalue weighted by Crippen LogP contribution is -2.47. The van der Waals surface area contributed by atoms with Gasteiger partial charge in [-0.1, -0.05) is 24.3 Å². The van der Waals surface area contributed by atoms with Crippen LogP contribution in [0.3, 0.4) is 0 Å². The highest BCUT2D eigenvalue weighted by Gasteiger charge is 2.11. The highest BCUT2D eigenvalue weighted by molar-refractivity contribution is 5.82. The van der Waals surface area contributed by atoms with Crippen LogP contribution in [0.4, 0.5) is 9.18 Å². The molecule has 0 aliphatic rings. The maximum absolute atomic E-state index is 12.8.